The molecule has 0 spiro atoms. The van der Waals surface area contributed by atoms with Crippen molar-refractivity contribution in [3.63, 3.8) is 0 Å². The van der Waals surface area contributed by atoms with E-state index in [2.05, 4.69) is 42.9 Å². The van der Waals surface area contributed by atoms with Crippen LogP contribution in [0.4, 0.5) is 0 Å². The Morgan fingerprint density at radius 1 is 1.44 bits per heavy atom. The molecule has 1 heterocycles. The van der Waals surface area contributed by atoms with Gasteiger partial charge in [-0.2, -0.15) is 5.26 Å². The number of nitriles is 1. The van der Waals surface area contributed by atoms with Crippen molar-refractivity contribution in [1.29, 1.82) is 5.26 Å². The highest BCUT2D eigenvalue weighted by Crippen LogP contribution is 2.34. The molecule has 1 N–H and O–H groups in total. The van der Waals surface area contributed by atoms with E-state index >= 15 is 0 Å². The molecule has 2 aromatic rings. The SMILES string of the molecule is COc1cc2c(CC#N)c(Br)[nH]c2cc1Br. The summed E-state index contributed by atoms with van der Waals surface area (Å²) in [4.78, 5) is 3.18. The van der Waals surface area contributed by atoms with Crippen molar-refractivity contribution in [3.05, 3.63) is 26.8 Å². The molecule has 0 saturated carbocycles. The van der Waals surface area contributed by atoms with Gasteiger partial charge in [-0.25, -0.2) is 0 Å². The second kappa shape index (κ2) is 4.48. The molecular formula is C11H8Br2N2O. The van der Waals surface area contributed by atoms with E-state index in [4.69, 9.17) is 10.00 Å². The minimum atomic E-state index is 0.366. The molecule has 0 fully saturated rings. The number of hydrogen-bond donors (Lipinski definition) is 1. The van der Waals surface area contributed by atoms with E-state index in [1.165, 1.54) is 0 Å². The number of halogens is 2. The van der Waals surface area contributed by atoms with Gasteiger partial charge in [-0.05, 0) is 44.0 Å². The second-order valence-corrected chi connectivity index (χ2v) is 4.93. The fourth-order valence-electron chi connectivity index (χ4n) is 1.63. The molecule has 1 aromatic heterocycles. The van der Waals surface area contributed by atoms with Crippen LogP contribution in [0.5, 0.6) is 5.75 Å². The van der Waals surface area contributed by atoms with Crippen molar-refractivity contribution in [3.8, 4) is 11.8 Å². The summed E-state index contributed by atoms with van der Waals surface area (Å²) in [6.07, 6.45) is 0.366. The lowest BCUT2D eigenvalue weighted by Gasteiger charge is -2.03. The molecule has 0 unspecified atom stereocenters. The van der Waals surface area contributed by atoms with E-state index in [-0.39, 0.29) is 0 Å². The van der Waals surface area contributed by atoms with Gasteiger partial charge in [0.1, 0.15) is 5.75 Å². The quantitative estimate of drug-likeness (QED) is 0.902. The first-order chi connectivity index (χ1) is 7.67. The van der Waals surface area contributed by atoms with Gasteiger partial charge < -0.3 is 9.72 Å². The van der Waals surface area contributed by atoms with Crippen LogP contribution in [0.3, 0.4) is 0 Å². The van der Waals surface area contributed by atoms with Crippen LogP contribution in [0, 0.1) is 11.3 Å². The Hall–Kier alpha value is -0.990. The normalized spacial score (nSPS) is 10.4. The molecule has 1 aromatic carbocycles. The van der Waals surface area contributed by atoms with E-state index in [9.17, 15) is 0 Å². The van der Waals surface area contributed by atoms with Gasteiger partial charge in [0.25, 0.3) is 0 Å². The highest BCUT2D eigenvalue weighted by molar-refractivity contribution is 9.10. The lowest BCUT2D eigenvalue weighted by Crippen LogP contribution is -1.85. The van der Waals surface area contributed by atoms with E-state index < -0.39 is 0 Å². The molecule has 0 radical (unpaired) electrons. The lowest BCUT2D eigenvalue weighted by atomic mass is 10.1. The number of nitrogens with zero attached hydrogens (tertiary/aromatic N) is 1. The Morgan fingerprint density at radius 3 is 2.81 bits per heavy atom. The minimum Gasteiger partial charge on any atom is -0.496 e. The van der Waals surface area contributed by atoms with Gasteiger partial charge in [0.15, 0.2) is 0 Å². The summed E-state index contributed by atoms with van der Waals surface area (Å²) in [5.41, 5.74) is 1.94. The van der Waals surface area contributed by atoms with E-state index in [1.807, 2.05) is 12.1 Å². The van der Waals surface area contributed by atoms with Gasteiger partial charge in [-0.15, -0.1) is 0 Å². The van der Waals surface area contributed by atoms with Crippen molar-refractivity contribution in [1.82, 2.24) is 4.98 Å². The molecule has 0 saturated heterocycles. The van der Waals surface area contributed by atoms with Crippen LogP contribution >= 0.6 is 31.9 Å². The summed E-state index contributed by atoms with van der Waals surface area (Å²) < 4.78 is 6.98. The predicted octanol–water partition coefficient (Wildman–Crippen LogP) is 3.77. The second-order valence-electron chi connectivity index (χ2n) is 3.28. The number of ether oxygens (including phenoxy) is 1. The first-order valence-electron chi connectivity index (χ1n) is 4.58. The van der Waals surface area contributed by atoms with Crippen molar-refractivity contribution >= 4 is 42.8 Å². The first kappa shape index (κ1) is 11.5. The maximum absolute atomic E-state index is 8.78. The van der Waals surface area contributed by atoms with Crippen molar-refractivity contribution in [2.75, 3.05) is 7.11 Å². The maximum atomic E-state index is 8.78. The fourth-order valence-corrected chi connectivity index (χ4v) is 2.70. The number of aromatic amines is 1. The zero-order valence-corrected chi connectivity index (χ0v) is 11.6. The van der Waals surface area contributed by atoms with Gasteiger partial charge in [0.05, 0.1) is 28.7 Å². The van der Waals surface area contributed by atoms with Crippen LogP contribution in [0.2, 0.25) is 0 Å². The molecule has 3 nitrogen and oxygen atoms in total. The van der Waals surface area contributed by atoms with Gasteiger partial charge in [0.2, 0.25) is 0 Å². The van der Waals surface area contributed by atoms with Gasteiger partial charge in [-0.1, -0.05) is 0 Å². The van der Waals surface area contributed by atoms with Crippen LogP contribution in [0.15, 0.2) is 21.2 Å². The molecule has 0 amide bonds. The zero-order chi connectivity index (χ0) is 11.7. The average molecular weight is 344 g/mol. The van der Waals surface area contributed by atoms with Crippen LogP contribution in [-0.2, 0) is 6.42 Å². The molecule has 0 atom stereocenters. The highest BCUT2D eigenvalue weighted by Gasteiger charge is 2.12. The third-order valence-electron chi connectivity index (χ3n) is 2.38. The summed E-state index contributed by atoms with van der Waals surface area (Å²) in [6.45, 7) is 0. The van der Waals surface area contributed by atoms with E-state index in [0.717, 1.165) is 31.3 Å². The summed E-state index contributed by atoms with van der Waals surface area (Å²) in [5, 5.41) is 9.79. The van der Waals surface area contributed by atoms with Crippen molar-refractivity contribution in [2.24, 2.45) is 0 Å². The van der Waals surface area contributed by atoms with Crippen molar-refractivity contribution in [2.45, 2.75) is 6.42 Å². The summed E-state index contributed by atoms with van der Waals surface area (Å²) >= 11 is 6.84. The minimum absolute atomic E-state index is 0.366. The first-order valence-corrected chi connectivity index (χ1v) is 6.16. The smallest absolute Gasteiger partial charge is 0.133 e. The Morgan fingerprint density at radius 2 is 2.19 bits per heavy atom. The highest BCUT2D eigenvalue weighted by atomic mass is 79.9. The number of hydrogen-bond acceptors (Lipinski definition) is 2. The number of H-pyrrole nitrogens is 1. The predicted molar refractivity (Wildman–Crippen MR) is 69.6 cm³/mol. The number of benzene rings is 1. The van der Waals surface area contributed by atoms with Crippen LogP contribution < -0.4 is 4.74 Å². The number of methoxy groups -OCH3 is 1. The molecule has 0 aliphatic heterocycles. The van der Waals surface area contributed by atoms with Crippen LogP contribution in [0.25, 0.3) is 10.9 Å². The largest absolute Gasteiger partial charge is 0.496 e. The molecule has 2 rings (SSSR count). The van der Waals surface area contributed by atoms with Crippen LogP contribution in [-0.4, -0.2) is 12.1 Å². The van der Waals surface area contributed by atoms with Gasteiger partial charge in [-0.3, -0.25) is 0 Å². The average Bonchev–Trinajstić information content (AvgIpc) is 2.54. The van der Waals surface area contributed by atoms with Crippen molar-refractivity contribution < 1.29 is 4.74 Å². The standard InChI is InChI=1S/C11H8Br2N2O/c1-16-10-4-7-6(2-3-14)11(13)15-9(7)5-8(10)12/h4-5,15H,2H2,1H3. The molecular weight excluding hydrogens is 336 g/mol. The third-order valence-corrected chi connectivity index (χ3v) is 3.68. The molecule has 16 heavy (non-hydrogen) atoms. The van der Waals surface area contributed by atoms with Gasteiger partial charge >= 0.3 is 0 Å². The number of fused-ring (bicyclic) bond motifs is 1. The van der Waals surface area contributed by atoms with E-state index in [1.54, 1.807) is 7.11 Å². The molecule has 5 heteroatoms. The fraction of sp³-hybridized carbons (Fsp3) is 0.182. The Balaban J connectivity index is 2.73. The molecule has 0 aliphatic rings. The summed E-state index contributed by atoms with van der Waals surface area (Å²) in [5.74, 6) is 0.762. The van der Waals surface area contributed by atoms with Gasteiger partial charge in [0, 0.05) is 16.5 Å². The molecule has 0 aliphatic carbocycles. The monoisotopic (exact) mass is 342 g/mol. The number of aromatic nitrogens is 1. The summed E-state index contributed by atoms with van der Waals surface area (Å²) in [7, 11) is 1.62. The number of rotatable bonds is 2. The lowest BCUT2D eigenvalue weighted by molar-refractivity contribution is 0.413. The number of nitrogens with one attached hydrogen (secondary N) is 1. The Labute approximate surface area is 110 Å². The summed E-state index contributed by atoms with van der Waals surface area (Å²) in [6, 6.07) is 6.02. The van der Waals surface area contributed by atoms with Crippen LogP contribution in [0.1, 0.15) is 5.56 Å². The topological polar surface area (TPSA) is 48.8 Å². The third kappa shape index (κ3) is 1.83. The molecule has 82 valence electrons. The molecule has 0 bridgehead atoms. The maximum Gasteiger partial charge on any atom is 0.133 e. The Bertz CT molecular complexity index is 584. The van der Waals surface area contributed by atoms with E-state index in [0.29, 0.717) is 6.42 Å². The Kier molecular flexibility index (Phi) is 3.22. The zero-order valence-electron chi connectivity index (χ0n) is 8.47.